The first-order valence-electron chi connectivity index (χ1n) is 7.24. The van der Waals surface area contributed by atoms with Crippen LogP contribution in [-0.2, 0) is 4.79 Å². The van der Waals surface area contributed by atoms with Gasteiger partial charge >= 0.3 is 0 Å². The Morgan fingerprint density at radius 3 is 2.48 bits per heavy atom. The first kappa shape index (κ1) is 15.9. The number of hydrogen-bond acceptors (Lipinski definition) is 3. The predicted molar refractivity (Wildman–Crippen MR) is 79.3 cm³/mol. The maximum absolute atomic E-state index is 12.9. The Bertz CT molecular complexity index is 502. The number of piperazine rings is 1. The second-order valence-electron chi connectivity index (χ2n) is 6.27. The number of aliphatic hydroxyl groups is 1. The molecule has 4 nitrogen and oxygen atoms in total. The molecule has 0 radical (unpaired) electrons. The molecule has 0 aromatic heterocycles. The lowest BCUT2D eigenvalue weighted by Gasteiger charge is -2.47. The Morgan fingerprint density at radius 2 is 1.95 bits per heavy atom. The van der Waals surface area contributed by atoms with Crippen LogP contribution in [0.1, 0.15) is 32.4 Å². The lowest BCUT2D eigenvalue weighted by Crippen LogP contribution is -2.60. The zero-order valence-corrected chi connectivity index (χ0v) is 12.8. The van der Waals surface area contributed by atoms with Crippen LogP contribution in [0.15, 0.2) is 24.3 Å². The molecule has 0 spiro atoms. The molecule has 0 bridgehead atoms. The molecule has 1 N–H and O–H groups in total. The largest absolute Gasteiger partial charge is 0.387 e. The van der Waals surface area contributed by atoms with Crippen LogP contribution in [0, 0.1) is 5.82 Å². The summed E-state index contributed by atoms with van der Waals surface area (Å²) >= 11 is 0. The molecule has 1 aromatic carbocycles. The molecule has 1 aliphatic heterocycles. The molecule has 1 atom stereocenters. The number of hydrogen-bond donors (Lipinski definition) is 1. The van der Waals surface area contributed by atoms with Crippen molar-refractivity contribution in [2.45, 2.75) is 32.4 Å². The van der Waals surface area contributed by atoms with Crippen LogP contribution in [-0.4, -0.2) is 52.5 Å². The number of nitrogens with zero attached hydrogens (tertiary/aromatic N) is 2. The molecule has 1 aliphatic rings. The normalized spacial score (nSPS) is 20.3. The molecule has 5 heteroatoms. The predicted octanol–water partition coefficient (Wildman–Crippen LogP) is 1.80. The van der Waals surface area contributed by atoms with Gasteiger partial charge in [0, 0.05) is 38.6 Å². The van der Waals surface area contributed by atoms with Crippen LogP contribution in [0.3, 0.4) is 0 Å². The highest BCUT2D eigenvalue weighted by Crippen LogP contribution is 2.24. The zero-order chi connectivity index (χ0) is 15.6. The number of carbonyl (C=O) groups is 1. The Kier molecular flexibility index (Phi) is 4.64. The summed E-state index contributed by atoms with van der Waals surface area (Å²) in [6.45, 7) is 8.25. The SMILES string of the molecule is CC(=O)N1CCN(CC(O)c2ccc(F)cc2)C(C)(C)C1. The van der Waals surface area contributed by atoms with Crippen molar-refractivity contribution in [3.63, 3.8) is 0 Å². The fraction of sp³-hybridized carbons (Fsp3) is 0.562. The van der Waals surface area contributed by atoms with E-state index in [4.69, 9.17) is 0 Å². The van der Waals surface area contributed by atoms with Gasteiger partial charge in [0.25, 0.3) is 0 Å². The van der Waals surface area contributed by atoms with E-state index < -0.39 is 6.10 Å². The molecule has 0 aliphatic carbocycles. The number of rotatable bonds is 3. The van der Waals surface area contributed by atoms with Crippen LogP contribution in [0.4, 0.5) is 4.39 Å². The van der Waals surface area contributed by atoms with Gasteiger partial charge in [-0.1, -0.05) is 12.1 Å². The molecule has 1 saturated heterocycles. The topological polar surface area (TPSA) is 43.8 Å². The van der Waals surface area contributed by atoms with Gasteiger partial charge in [-0.3, -0.25) is 9.69 Å². The van der Waals surface area contributed by atoms with Crippen LogP contribution in [0.5, 0.6) is 0 Å². The standard InChI is InChI=1S/C16H23FN2O2/c1-12(20)18-8-9-19(16(2,3)11-18)10-15(21)13-4-6-14(17)7-5-13/h4-7,15,21H,8-11H2,1-3H3. The molecule has 21 heavy (non-hydrogen) atoms. The number of benzene rings is 1. The maximum Gasteiger partial charge on any atom is 0.219 e. The van der Waals surface area contributed by atoms with Gasteiger partial charge in [-0.05, 0) is 31.5 Å². The lowest BCUT2D eigenvalue weighted by atomic mass is 9.97. The molecule has 1 fully saturated rings. The lowest BCUT2D eigenvalue weighted by molar-refractivity contribution is -0.134. The van der Waals surface area contributed by atoms with Crippen LogP contribution >= 0.6 is 0 Å². The number of aliphatic hydroxyl groups excluding tert-OH is 1. The summed E-state index contributed by atoms with van der Waals surface area (Å²) < 4.78 is 12.9. The summed E-state index contributed by atoms with van der Waals surface area (Å²) in [6, 6.07) is 5.94. The van der Waals surface area contributed by atoms with Gasteiger partial charge < -0.3 is 10.0 Å². The Labute approximate surface area is 125 Å². The monoisotopic (exact) mass is 294 g/mol. The molecule has 1 aromatic rings. The van der Waals surface area contributed by atoms with Crippen molar-refractivity contribution in [3.05, 3.63) is 35.6 Å². The molecular weight excluding hydrogens is 271 g/mol. The van der Waals surface area contributed by atoms with Crippen molar-refractivity contribution in [1.82, 2.24) is 9.80 Å². The van der Waals surface area contributed by atoms with E-state index in [-0.39, 0.29) is 17.3 Å². The van der Waals surface area contributed by atoms with Gasteiger partial charge in [-0.15, -0.1) is 0 Å². The summed E-state index contributed by atoms with van der Waals surface area (Å²) in [5.74, 6) is -0.219. The van der Waals surface area contributed by atoms with Gasteiger partial charge in [0.1, 0.15) is 5.82 Å². The quantitative estimate of drug-likeness (QED) is 0.924. The van der Waals surface area contributed by atoms with E-state index in [9.17, 15) is 14.3 Å². The highest BCUT2D eigenvalue weighted by molar-refractivity contribution is 5.73. The molecule has 1 amide bonds. The van der Waals surface area contributed by atoms with Crippen molar-refractivity contribution in [2.75, 3.05) is 26.2 Å². The molecule has 0 saturated carbocycles. The van der Waals surface area contributed by atoms with E-state index in [1.54, 1.807) is 19.1 Å². The van der Waals surface area contributed by atoms with Gasteiger partial charge in [-0.2, -0.15) is 0 Å². The fourth-order valence-electron chi connectivity index (χ4n) is 2.80. The summed E-state index contributed by atoms with van der Waals surface area (Å²) in [5, 5.41) is 10.3. The smallest absolute Gasteiger partial charge is 0.219 e. The average Bonchev–Trinajstić information content (AvgIpc) is 2.41. The molecular formula is C16H23FN2O2. The van der Waals surface area contributed by atoms with Gasteiger partial charge in [-0.25, -0.2) is 4.39 Å². The first-order chi connectivity index (χ1) is 9.79. The molecule has 1 unspecified atom stereocenters. The van der Waals surface area contributed by atoms with Crippen molar-refractivity contribution < 1.29 is 14.3 Å². The second kappa shape index (κ2) is 6.12. The fourth-order valence-corrected chi connectivity index (χ4v) is 2.80. The van der Waals surface area contributed by atoms with Crippen molar-refractivity contribution in [3.8, 4) is 0 Å². The zero-order valence-electron chi connectivity index (χ0n) is 12.8. The third-order valence-electron chi connectivity index (χ3n) is 4.17. The third-order valence-corrected chi connectivity index (χ3v) is 4.17. The summed E-state index contributed by atoms with van der Waals surface area (Å²) in [7, 11) is 0. The summed E-state index contributed by atoms with van der Waals surface area (Å²) in [5.41, 5.74) is 0.520. The number of β-amino-alcohol motifs (C(OH)–C–C–N with tert-alkyl or cyclic N) is 1. The van der Waals surface area contributed by atoms with E-state index in [0.717, 1.165) is 6.54 Å². The van der Waals surface area contributed by atoms with Gasteiger partial charge in [0.2, 0.25) is 5.91 Å². The van der Waals surface area contributed by atoms with Crippen molar-refractivity contribution >= 4 is 5.91 Å². The van der Waals surface area contributed by atoms with E-state index in [1.807, 2.05) is 4.90 Å². The summed E-state index contributed by atoms with van der Waals surface area (Å²) in [4.78, 5) is 15.5. The second-order valence-corrected chi connectivity index (χ2v) is 6.27. The Hall–Kier alpha value is -1.46. The number of carbonyl (C=O) groups excluding carboxylic acids is 1. The van der Waals surface area contributed by atoms with Crippen molar-refractivity contribution in [2.24, 2.45) is 0 Å². The maximum atomic E-state index is 12.9. The summed E-state index contributed by atoms with van der Waals surface area (Å²) in [6.07, 6.45) is -0.659. The first-order valence-corrected chi connectivity index (χ1v) is 7.24. The number of amides is 1. The van der Waals surface area contributed by atoms with E-state index >= 15 is 0 Å². The molecule has 2 rings (SSSR count). The number of halogens is 1. The van der Waals surface area contributed by atoms with Crippen LogP contribution in [0.25, 0.3) is 0 Å². The van der Waals surface area contributed by atoms with E-state index in [0.29, 0.717) is 25.2 Å². The molecule has 1 heterocycles. The Morgan fingerprint density at radius 1 is 1.33 bits per heavy atom. The highest BCUT2D eigenvalue weighted by Gasteiger charge is 2.35. The van der Waals surface area contributed by atoms with E-state index in [1.165, 1.54) is 12.1 Å². The average molecular weight is 294 g/mol. The van der Waals surface area contributed by atoms with Crippen LogP contribution in [0.2, 0.25) is 0 Å². The van der Waals surface area contributed by atoms with Crippen molar-refractivity contribution in [1.29, 1.82) is 0 Å². The minimum Gasteiger partial charge on any atom is -0.387 e. The highest BCUT2D eigenvalue weighted by atomic mass is 19.1. The molecule has 116 valence electrons. The minimum absolute atomic E-state index is 0.0850. The van der Waals surface area contributed by atoms with E-state index in [2.05, 4.69) is 18.7 Å². The van der Waals surface area contributed by atoms with Gasteiger partial charge in [0.05, 0.1) is 6.10 Å². The van der Waals surface area contributed by atoms with Gasteiger partial charge in [0.15, 0.2) is 0 Å². The Balaban J connectivity index is 2.02. The third kappa shape index (κ3) is 3.80. The van der Waals surface area contributed by atoms with Crippen LogP contribution < -0.4 is 0 Å². The minimum atomic E-state index is -0.659.